The molecule has 1 unspecified atom stereocenters. The largest absolute Gasteiger partial charge is 0.503 e. The van der Waals surface area contributed by atoms with Crippen LogP contribution in [0.3, 0.4) is 0 Å². The van der Waals surface area contributed by atoms with Crippen molar-refractivity contribution in [3.63, 3.8) is 0 Å². The van der Waals surface area contributed by atoms with Crippen molar-refractivity contribution in [2.24, 2.45) is 0 Å². The normalized spacial score (nSPS) is 16.1. The summed E-state index contributed by atoms with van der Waals surface area (Å²) < 4.78 is 5.20. The number of hydrogen-bond acceptors (Lipinski definition) is 5. The summed E-state index contributed by atoms with van der Waals surface area (Å²) in [6.07, 6.45) is 0.787. The van der Waals surface area contributed by atoms with Crippen LogP contribution in [0.4, 0.5) is 0 Å². The van der Waals surface area contributed by atoms with Gasteiger partial charge in [0.15, 0.2) is 11.5 Å². The second-order valence-electron chi connectivity index (χ2n) is 7.37. The van der Waals surface area contributed by atoms with Crippen molar-refractivity contribution in [2.75, 3.05) is 7.11 Å². The van der Waals surface area contributed by atoms with Crippen molar-refractivity contribution in [3.8, 4) is 5.75 Å². The molecule has 4 rings (SSSR count). The first-order valence-electron chi connectivity index (χ1n) is 10.1. The number of ether oxygens (including phenoxy) is 1. The van der Waals surface area contributed by atoms with Crippen LogP contribution in [-0.2, 0) is 22.6 Å². The maximum Gasteiger partial charge on any atom is 0.290 e. The molecule has 6 heteroatoms. The number of rotatable bonds is 8. The summed E-state index contributed by atoms with van der Waals surface area (Å²) in [6.45, 7) is 0.283. The molecule has 2 heterocycles. The molecule has 0 fully saturated rings. The number of aryl methyl sites for hydroxylation is 1. The zero-order valence-electron chi connectivity index (χ0n) is 17.2. The average molecular weight is 434 g/mol. The predicted molar refractivity (Wildman–Crippen MR) is 120 cm³/mol. The number of aliphatic hydroxyl groups is 1. The quantitative estimate of drug-likeness (QED) is 0.551. The van der Waals surface area contributed by atoms with Gasteiger partial charge in [0.2, 0.25) is 0 Å². The van der Waals surface area contributed by atoms with E-state index in [1.807, 2.05) is 72.1 Å². The summed E-state index contributed by atoms with van der Waals surface area (Å²) in [4.78, 5) is 28.6. The molecule has 1 amide bonds. The number of carbonyl (C=O) groups is 2. The number of nitrogens with zero attached hydrogens (tertiary/aromatic N) is 1. The van der Waals surface area contributed by atoms with Crippen LogP contribution in [-0.4, -0.2) is 28.8 Å². The van der Waals surface area contributed by atoms with Gasteiger partial charge in [-0.15, -0.1) is 11.3 Å². The minimum atomic E-state index is -0.585. The summed E-state index contributed by atoms with van der Waals surface area (Å²) in [6, 6.07) is 20.3. The second-order valence-corrected chi connectivity index (χ2v) is 8.35. The lowest BCUT2D eigenvalue weighted by molar-refractivity contribution is -0.130. The van der Waals surface area contributed by atoms with Crippen LogP contribution in [0.1, 0.15) is 28.5 Å². The van der Waals surface area contributed by atoms with Gasteiger partial charge in [-0.2, -0.15) is 0 Å². The lowest BCUT2D eigenvalue weighted by Crippen LogP contribution is -2.30. The molecule has 0 bridgehead atoms. The molecule has 1 aliphatic rings. The molecular formula is C25H23NO4S. The summed E-state index contributed by atoms with van der Waals surface area (Å²) in [5, 5.41) is 12.6. The van der Waals surface area contributed by atoms with Gasteiger partial charge < -0.3 is 14.7 Å². The van der Waals surface area contributed by atoms with Gasteiger partial charge in [0.25, 0.3) is 5.91 Å². The van der Waals surface area contributed by atoms with Gasteiger partial charge in [-0.25, -0.2) is 0 Å². The van der Waals surface area contributed by atoms with Gasteiger partial charge >= 0.3 is 0 Å². The molecule has 0 spiro atoms. The van der Waals surface area contributed by atoms with Crippen LogP contribution in [0, 0.1) is 0 Å². The zero-order chi connectivity index (χ0) is 21.8. The summed E-state index contributed by atoms with van der Waals surface area (Å²) >= 11 is 1.47. The molecule has 1 aromatic heterocycles. The molecule has 0 saturated carbocycles. The van der Waals surface area contributed by atoms with Crippen molar-refractivity contribution in [1.82, 2.24) is 4.90 Å². The highest BCUT2D eigenvalue weighted by Gasteiger charge is 2.43. The van der Waals surface area contributed by atoms with Gasteiger partial charge in [-0.1, -0.05) is 48.5 Å². The fraction of sp³-hybridized carbons (Fsp3) is 0.200. The van der Waals surface area contributed by atoms with Crippen molar-refractivity contribution < 1.29 is 19.4 Å². The smallest absolute Gasteiger partial charge is 0.290 e. The monoisotopic (exact) mass is 433 g/mol. The van der Waals surface area contributed by atoms with Crippen LogP contribution in [0.25, 0.3) is 0 Å². The Kier molecular flexibility index (Phi) is 6.18. The Hall–Kier alpha value is -3.38. The van der Waals surface area contributed by atoms with Gasteiger partial charge in [-0.05, 0) is 41.1 Å². The Labute approximate surface area is 185 Å². The lowest BCUT2D eigenvalue weighted by atomic mass is 9.97. The highest BCUT2D eigenvalue weighted by atomic mass is 32.1. The van der Waals surface area contributed by atoms with Crippen molar-refractivity contribution in [2.45, 2.75) is 25.4 Å². The number of ketones is 1. The molecule has 1 N–H and O–H groups in total. The number of carbonyl (C=O) groups excluding carboxylic acids is 2. The topological polar surface area (TPSA) is 66.8 Å². The van der Waals surface area contributed by atoms with E-state index >= 15 is 0 Å². The van der Waals surface area contributed by atoms with E-state index in [0.29, 0.717) is 6.42 Å². The number of hydrogen-bond donors (Lipinski definition) is 1. The van der Waals surface area contributed by atoms with Gasteiger partial charge in [0.05, 0.1) is 18.7 Å². The maximum atomic E-state index is 13.2. The predicted octanol–water partition coefficient (Wildman–Crippen LogP) is 4.85. The van der Waals surface area contributed by atoms with Crippen molar-refractivity contribution >= 4 is 23.0 Å². The van der Waals surface area contributed by atoms with Crippen LogP contribution >= 0.6 is 11.3 Å². The third-order valence-electron chi connectivity index (χ3n) is 5.41. The third-order valence-corrected chi connectivity index (χ3v) is 6.34. The number of thiophene rings is 1. The summed E-state index contributed by atoms with van der Waals surface area (Å²) in [5.41, 5.74) is 2.13. The maximum absolute atomic E-state index is 13.2. The van der Waals surface area contributed by atoms with Crippen LogP contribution in [0.5, 0.6) is 5.75 Å². The van der Waals surface area contributed by atoms with E-state index in [9.17, 15) is 14.7 Å². The molecule has 158 valence electrons. The van der Waals surface area contributed by atoms with Crippen molar-refractivity contribution in [3.05, 3.63) is 99.4 Å². The molecule has 31 heavy (non-hydrogen) atoms. The van der Waals surface area contributed by atoms with Gasteiger partial charge in [0.1, 0.15) is 5.75 Å². The van der Waals surface area contributed by atoms with E-state index < -0.39 is 17.7 Å². The zero-order valence-corrected chi connectivity index (χ0v) is 18.0. The first-order chi connectivity index (χ1) is 15.1. The lowest BCUT2D eigenvalue weighted by Gasteiger charge is -2.26. The number of aliphatic hydroxyl groups excluding tert-OH is 1. The van der Waals surface area contributed by atoms with Crippen LogP contribution in [0.2, 0.25) is 0 Å². The molecule has 0 saturated heterocycles. The molecule has 1 aliphatic heterocycles. The highest BCUT2D eigenvalue weighted by molar-refractivity contribution is 7.10. The van der Waals surface area contributed by atoms with E-state index in [1.165, 1.54) is 11.3 Å². The van der Waals surface area contributed by atoms with E-state index in [-0.39, 0.29) is 24.3 Å². The number of methoxy groups -OCH3 is 1. The summed E-state index contributed by atoms with van der Waals surface area (Å²) in [5.74, 6) is -0.434. The standard InChI is InChI=1S/C25H23NO4S/c1-30-19-12-9-18(10-13-19)16-26-23(21-8-5-15-31-21)22(24(28)25(26)29)20(27)14-11-17-6-3-2-4-7-17/h2-10,12-13,15,23,28H,11,14,16H2,1H3. The highest BCUT2D eigenvalue weighted by Crippen LogP contribution is 2.41. The SMILES string of the molecule is COc1ccc(CN2C(=O)C(O)=C(C(=O)CCc3ccccc3)C2c2cccs2)cc1. The minimum absolute atomic E-state index is 0.192. The van der Waals surface area contributed by atoms with E-state index in [0.717, 1.165) is 21.8 Å². The van der Waals surface area contributed by atoms with Crippen LogP contribution < -0.4 is 4.74 Å². The first-order valence-corrected chi connectivity index (χ1v) is 10.9. The number of amides is 1. The Morgan fingerprint density at radius 2 is 1.77 bits per heavy atom. The molecule has 1 atom stereocenters. The summed E-state index contributed by atoms with van der Waals surface area (Å²) in [7, 11) is 1.60. The molecular weight excluding hydrogens is 410 g/mol. The third kappa shape index (κ3) is 4.39. The Morgan fingerprint density at radius 1 is 1.03 bits per heavy atom. The van der Waals surface area contributed by atoms with E-state index in [4.69, 9.17) is 4.74 Å². The molecule has 2 aromatic carbocycles. The molecule has 0 aliphatic carbocycles. The van der Waals surface area contributed by atoms with Gasteiger partial charge in [-0.3, -0.25) is 9.59 Å². The number of benzene rings is 2. The van der Waals surface area contributed by atoms with E-state index in [2.05, 4.69) is 0 Å². The van der Waals surface area contributed by atoms with Crippen molar-refractivity contribution in [1.29, 1.82) is 0 Å². The minimum Gasteiger partial charge on any atom is -0.503 e. The molecule has 3 aromatic rings. The van der Waals surface area contributed by atoms with E-state index in [1.54, 1.807) is 12.0 Å². The average Bonchev–Trinajstić information content (AvgIpc) is 3.41. The Balaban J connectivity index is 1.60. The second kappa shape index (κ2) is 9.18. The first kappa shape index (κ1) is 20.9. The molecule has 0 radical (unpaired) electrons. The molecule has 5 nitrogen and oxygen atoms in total. The number of Topliss-reactive ketones (excluding diaryl/α,β-unsaturated/α-hetero) is 1. The fourth-order valence-electron chi connectivity index (χ4n) is 3.81. The Bertz CT molecular complexity index is 1090. The fourth-order valence-corrected chi connectivity index (χ4v) is 4.65. The van der Waals surface area contributed by atoms with Gasteiger partial charge in [0, 0.05) is 17.8 Å². The van der Waals surface area contributed by atoms with Crippen LogP contribution in [0.15, 0.2) is 83.4 Å². The Morgan fingerprint density at radius 3 is 2.42 bits per heavy atom.